The van der Waals surface area contributed by atoms with E-state index in [2.05, 4.69) is 23.9 Å². The number of aromatic nitrogens is 1. The second-order valence-electron chi connectivity index (χ2n) is 11.2. The van der Waals surface area contributed by atoms with Gasteiger partial charge in [0.1, 0.15) is 0 Å². The van der Waals surface area contributed by atoms with Crippen molar-refractivity contribution < 1.29 is 23.7 Å². The molecule has 3 aliphatic heterocycles. The number of pyridine rings is 1. The van der Waals surface area contributed by atoms with Crippen LogP contribution in [0.4, 0.5) is 4.39 Å². The summed E-state index contributed by atoms with van der Waals surface area (Å²) in [5, 5.41) is 3.14. The molecular formula is C30H39FN5O4PS. The van der Waals surface area contributed by atoms with Crippen LogP contribution in [0.3, 0.4) is 0 Å². The van der Waals surface area contributed by atoms with E-state index in [1.165, 1.54) is 49.9 Å². The molecule has 42 heavy (non-hydrogen) atoms. The van der Waals surface area contributed by atoms with E-state index in [-0.39, 0.29) is 5.41 Å². The summed E-state index contributed by atoms with van der Waals surface area (Å²) in [4.78, 5) is 49.7. The molecule has 0 radical (unpaired) electrons. The Morgan fingerprint density at radius 2 is 2.00 bits per heavy atom. The van der Waals surface area contributed by atoms with Crippen LogP contribution >= 0.6 is 19.6 Å². The minimum atomic E-state index is -1.79. The van der Waals surface area contributed by atoms with Gasteiger partial charge in [0.25, 0.3) is 5.91 Å². The number of nitrogens with zero attached hydrogens (tertiary/aromatic N) is 3. The van der Waals surface area contributed by atoms with E-state index in [4.69, 9.17) is 5.73 Å². The van der Waals surface area contributed by atoms with Crippen LogP contribution in [0.15, 0.2) is 48.7 Å². The van der Waals surface area contributed by atoms with E-state index in [9.17, 15) is 23.7 Å². The zero-order chi connectivity index (χ0) is 30.3. The van der Waals surface area contributed by atoms with Gasteiger partial charge in [0.2, 0.25) is 18.4 Å². The maximum Gasteiger partial charge on any atom is 0.258 e. The number of hydrogen-bond donors (Lipinski definition) is 3. The minimum Gasteiger partial charge on any atom is -0.365 e. The Kier molecular flexibility index (Phi) is 10.6. The van der Waals surface area contributed by atoms with E-state index >= 15 is 0 Å². The molecule has 6 rings (SSSR count). The van der Waals surface area contributed by atoms with E-state index in [1.54, 1.807) is 35.4 Å². The van der Waals surface area contributed by atoms with Gasteiger partial charge < -0.3 is 20.4 Å². The third kappa shape index (κ3) is 7.50. The van der Waals surface area contributed by atoms with Gasteiger partial charge >= 0.3 is 0 Å². The predicted octanol–water partition coefficient (Wildman–Crippen LogP) is 4.99. The number of fused-ring (bicyclic) bond motifs is 1. The van der Waals surface area contributed by atoms with E-state index in [0.717, 1.165) is 48.2 Å². The van der Waals surface area contributed by atoms with Crippen molar-refractivity contribution in [3.63, 3.8) is 0 Å². The van der Waals surface area contributed by atoms with Crippen molar-refractivity contribution >= 4 is 48.4 Å². The molecule has 0 spiro atoms. The molecule has 3 aliphatic rings. The first-order chi connectivity index (χ1) is 20.1. The second kappa shape index (κ2) is 14.0. The number of primary amides is 1. The fraction of sp³-hybridized carbons (Fsp3) is 0.467. The fourth-order valence-corrected chi connectivity index (χ4v) is 7.19. The number of unbranched alkanes of at least 4 members (excludes halogenated alkanes) is 2. The maximum atomic E-state index is 13.9. The van der Waals surface area contributed by atoms with Gasteiger partial charge in [-0.05, 0) is 55.0 Å². The van der Waals surface area contributed by atoms with Crippen molar-refractivity contribution in [2.45, 2.75) is 69.4 Å². The summed E-state index contributed by atoms with van der Waals surface area (Å²) in [6, 6.07) is 13.1. The lowest BCUT2D eigenvalue weighted by Crippen LogP contribution is -2.57. The number of nitrogens with two attached hydrogens (primary N) is 1. The summed E-state index contributed by atoms with van der Waals surface area (Å²) in [5.74, 6) is -0.489. The highest BCUT2D eigenvalue weighted by Gasteiger charge is 2.57. The van der Waals surface area contributed by atoms with Crippen molar-refractivity contribution in [1.82, 2.24) is 19.9 Å². The normalized spacial score (nSPS) is 23.6. The van der Waals surface area contributed by atoms with Gasteiger partial charge in [0, 0.05) is 53.2 Å². The van der Waals surface area contributed by atoms with Crippen molar-refractivity contribution in [3.8, 4) is 0 Å². The second-order valence-corrected chi connectivity index (χ2v) is 13.7. The Hall–Kier alpha value is -2.98. The van der Waals surface area contributed by atoms with Crippen LogP contribution in [0, 0.1) is 0 Å². The average Bonchev–Trinajstić information content (AvgIpc) is 3.32. The molecule has 2 aromatic heterocycles. The molecule has 3 saturated heterocycles. The highest BCUT2D eigenvalue weighted by atomic mass is 32.1. The molecule has 12 heteroatoms. The van der Waals surface area contributed by atoms with E-state index in [0.29, 0.717) is 16.5 Å². The fourth-order valence-electron chi connectivity index (χ4n) is 5.42. The summed E-state index contributed by atoms with van der Waals surface area (Å²) in [6.45, 7) is 6.91. The van der Waals surface area contributed by atoms with Crippen LogP contribution in [-0.2, 0) is 20.5 Å². The lowest BCUT2D eigenvalue weighted by Gasteiger charge is -2.45. The first-order valence-electron chi connectivity index (χ1n) is 14.2. The topological polar surface area (TPSA) is 139 Å². The summed E-state index contributed by atoms with van der Waals surface area (Å²) in [7, 11) is -1.76. The average molecular weight is 616 g/mol. The number of nitrogens with one attached hydrogen (secondary N) is 1. The summed E-state index contributed by atoms with van der Waals surface area (Å²) in [6.07, 6.45) is 11.2. The SMILES string of the molecule is CC1(c2ccccn2)CN(C=O)C1.CCCCCC1CCCN1C=O.NC(=O)c1cc2cc(C3(F)NP3O)ccc2s1. The van der Waals surface area contributed by atoms with E-state index < -0.39 is 19.7 Å². The molecular weight excluding hydrogens is 576 g/mol. The molecule has 5 heterocycles. The molecule has 0 aliphatic carbocycles. The van der Waals surface area contributed by atoms with Crippen molar-refractivity contribution in [3.05, 3.63) is 64.8 Å². The van der Waals surface area contributed by atoms with Gasteiger partial charge in [0.05, 0.1) is 4.88 Å². The molecule has 3 fully saturated rings. The van der Waals surface area contributed by atoms with Crippen LogP contribution in [0.25, 0.3) is 10.1 Å². The van der Waals surface area contributed by atoms with Crippen LogP contribution in [0.1, 0.15) is 73.3 Å². The zero-order valence-corrected chi connectivity index (χ0v) is 25.8. The van der Waals surface area contributed by atoms with Crippen LogP contribution in [-0.4, -0.2) is 64.1 Å². The number of likely N-dealkylation sites (tertiary alicyclic amines) is 2. The number of carbonyl (C=O) groups is 3. The van der Waals surface area contributed by atoms with Gasteiger partial charge in [-0.2, -0.15) is 0 Å². The standard InChI is InChI=1S/C10H8FN2O2PS.C10H12N2O.C10H19NO/c11-10(13-16(10)15)6-1-2-7-5(3-6)4-8(17-7)9(12)14;1-10(6-12(7-10)8-13)9-4-2-3-5-11-9;1-2-3-4-6-10-7-5-8-11(10)9-12/h1-4,13,15H,(H2,12,14);2-5,8H,6-7H2,1H3;9-10H,2-8H2,1H3. The van der Waals surface area contributed by atoms with Crippen molar-refractivity contribution in [2.24, 2.45) is 5.73 Å². The van der Waals surface area contributed by atoms with Gasteiger partial charge in [0.15, 0.2) is 8.30 Å². The van der Waals surface area contributed by atoms with Crippen LogP contribution in [0.5, 0.6) is 0 Å². The molecule has 4 N–H and O–H groups in total. The molecule has 9 nitrogen and oxygen atoms in total. The highest BCUT2D eigenvalue weighted by molar-refractivity contribution is 7.57. The first kappa shape index (κ1) is 31.9. The Bertz CT molecular complexity index is 1370. The van der Waals surface area contributed by atoms with Gasteiger partial charge in [-0.25, -0.2) is 9.48 Å². The highest BCUT2D eigenvalue weighted by Crippen LogP contribution is 2.65. The smallest absolute Gasteiger partial charge is 0.258 e. The van der Waals surface area contributed by atoms with Crippen molar-refractivity contribution in [2.75, 3.05) is 19.6 Å². The first-order valence-corrected chi connectivity index (χ1v) is 16.4. The Morgan fingerprint density at radius 1 is 1.24 bits per heavy atom. The zero-order valence-electron chi connectivity index (χ0n) is 24.0. The molecule has 3 aromatic rings. The Morgan fingerprint density at radius 3 is 2.60 bits per heavy atom. The number of amides is 3. The third-order valence-corrected chi connectivity index (χ3v) is 10.3. The summed E-state index contributed by atoms with van der Waals surface area (Å²) in [5.41, 5.74) is 4.92. The van der Waals surface area contributed by atoms with Gasteiger partial charge in [-0.15, -0.1) is 11.3 Å². The maximum absolute atomic E-state index is 13.9. The summed E-state index contributed by atoms with van der Waals surface area (Å²) < 4.78 is 14.8. The number of halogens is 1. The molecule has 0 bridgehead atoms. The minimum absolute atomic E-state index is 0.0716. The number of benzene rings is 1. The lowest BCUT2D eigenvalue weighted by atomic mass is 9.79. The molecule has 3 amide bonds. The van der Waals surface area contributed by atoms with Crippen LogP contribution < -0.4 is 10.8 Å². The quantitative estimate of drug-likeness (QED) is 0.102. The molecule has 0 saturated carbocycles. The van der Waals surface area contributed by atoms with E-state index in [1.807, 2.05) is 23.1 Å². The third-order valence-electron chi connectivity index (χ3n) is 7.87. The Balaban J connectivity index is 0.000000148. The van der Waals surface area contributed by atoms with Gasteiger partial charge in [-0.3, -0.25) is 19.4 Å². The molecule has 226 valence electrons. The molecule has 1 aromatic carbocycles. The van der Waals surface area contributed by atoms with Gasteiger partial charge in [-0.1, -0.05) is 45.2 Å². The number of hydrogen-bond acceptors (Lipinski definition) is 7. The number of carbonyl (C=O) groups excluding carboxylic acids is 3. The van der Waals surface area contributed by atoms with Crippen molar-refractivity contribution in [1.29, 1.82) is 0 Å². The molecule has 3 unspecified atom stereocenters. The monoisotopic (exact) mass is 615 g/mol. The van der Waals surface area contributed by atoms with Crippen LogP contribution in [0.2, 0.25) is 0 Å². The molecule has 3 atom stereocenters. The number of thiophene rings is 1. The number of alkyl halides is 1. The largest absolute Gasteiger partial charge is 0.365 e. The predicted molar refractivity (Wildman–Crippen MR) is 165 cm³/mol. The lowest BCUT2D eigenvalue weighted by molar-refractivity contribution is -0.124. The Labute approximate surface area is 251 Å². The number of rotatable bonds is 9. The summed E-state index contributed by atoms with van der Waals surface area (Å²) >= 11 is 1.27.